The van der Waals surface area contributed by atoms with Gasteiger partial charge in [0, 0.05) is 6.54 Å². The van der Waals surface area contributed by atoms with Gasteiger partial charge in [0.25, 0.3) is 12.4 Å². The number of aromatic nitrogens is 1. The van der Waals surface area contributed by atoms with E-state index in [2.05, 4.69) is 10.3 Å². The Morgan fingerprint density at radius 3 is 2.94 bits per heavy atom. The number of pyridine rings is 1. The van der Waals surface area contributed by atoms with E-state index in [4.69, 9.17) is 20.4 Å². The van der Waals surface area contributed by atoms with Gasteiger partial charge in [0.2, 0.25) is 5.88 Å². The van der Waals surface area contributed by atoms with Crippen LogP contribution in [0, 0.1) is 0 Å². The molecule has 7 heteroatoms. The van der Waals surface area contributed by atoms with E-state index >= 15 is 0 Å². The van der Waals surface area contributed by atoms with Crippen molar-refractivity contribution in [1.29, 1.82) is 0 Å². The first-order valence-electron chi connectivity index (χ1n) is 4.44. The van der Waals surface area contributed by atoms with Gasteiger partial charge in [0.05, 0.1) is 5.69 Å². The summed E-state index contributed by atoms with van der Waals surface area (Å²) in [5.74, 6) is -0.0977. The van der Waals surface area contributed by atoms with Crippen LogP contribution in [-0.4, -0.2) is 35.6 Å². The number of hydrogen-bond donors (Lipinski definition) is 3. The average molecular weight is 225 g/mol. The number of hydrogen-bond acceptors (Lipinski definition) is 5. The van der Waals surface area contributed by atoms with Crippen molar-refractivity contribution in [3.05, 3.63) is 17.8 Å². The zero-order chi connectivity index (χ0) is 12.0. The normalized spacial score (nSPS) is 12.0. The number of ether oxygens (including phenoxy) is 1. The van der Waals surface area contributed by atoms with Crippen LogP contribution in [0.2, 0.25) is 0 Å². The van der Waals surface area contributed by atoms with Crippen molar-refractivity contribution in [2.24, 2.45) is 5.73 Å². The van der Waals surface area contributed by atoms with Gasteiger partial charge in [-0.05, 0) is 12.1 Å². The Bertz CT molecular complexity index is 394. The number of amides is 1. The third kappa shape index (κ3) is 2.84. The fourth-order valence-electron chi connectivity index (χ4n) is 1.16. The van der Waals surface area contributed by atoms with E-state index in [9.17, 15) is 4.79 Å². The Hall–Kier alpha value is -2.31. The molecular formula is C9H11N3O4. The number of carbonyl (C=O) groups is 2. The summed E-state index contributed by atoms with van der Waals surface area (Å²) >= 11 is 0. The lowest BCUT2D eigenvalue weighted by atomic mass is 10.3. The van der Waals surface area contributed by atoms with Crippen LogP contribution < -0.4 is 15.8 Å². The molecule has 86 valence electrons. The lowest BCUT2D eigenvalue weighted by Crippen LogP contribution is -2.21. The smallest absolute Gasteiger partial charge is 0.290 e. The van der Waals surface area contributed by atoms with E-state index in [1.807, 2.05) is 0 Å². The second-order valence-electron chi connectivity index (χ2n) is 2.79. The number of primary amides is 1. The van der Waals surface area contributed by atoms with Gasteiger partial charge >= 0.3 is 0 Å². The minimum absolute atomic E-state index is 0.224. The Morgan fingerprint density at radius 2 is 2.31 bits per heavy atom. The van der Waals surface area contributed by atoms with Crippen LogP contribution in [-0.2, 0) is 4.79 Å². The first-order chi connectivity index (χ1) is 7.69. The molecule has 1 aromatic rings. The first-order valence-corrected chi connectivity index (χ1v) is 4.44. The summed E-state index contributed by atoms with van der Waals surface area (Å²) in [6.45, 7) is 1.06. The molecule has 1 aromatic heterocycles. The molecule has 2 rings (SSSR count). The van der Waals surface area contributed by atoms with Crippen molar-refractivity contribution in [1.82, 2.24) is 4.98 Å². The molecule has 2 heterocycles. The topological polar surface area (TPSA) is 115 Å². The van der Waals surface area contributed by atoms with Gasteiger partial charge in [-0.25, -0.2) is 4.98 Å². The third-order valence-electron chi connectivity index (χ3n) is 1.77. The number of nitrogens with one attached hydrogen (secondary N) is 1. The highest BCUT2D eigenvalue weighted by atomic mass is 16.5. The maximum absolute atomic E-state index is 10.8. The van der Waals surface area contributed by atoms with E-state index in [-0.39, 0.29) is 12.2 Å². The number of carbonyl (C=O) groups excluding carboxylic acids is 1. The molecule has 0 bridgehead atoms. The highest BCUT2D eigenvalue weighted by Crippen LogP contribution is 2.24. The zero-order valence-corrected chi connectivity index (χ0v) is 8.34. The molecule has 0 radical (unpaired) electrons. The molecule has 0 saturated carbocycles. The Labute approximate surface area is 91.2 Å². The van der Waals surface area contributed by atoms with Gasteiger partial charge in [0.15, 0.2) is 0 Å². The fourth-order valence-corrected chi connectivity index (χ4v) is 1.16. The number of fused-ring (bicyclic) bond motifs is 1. The van der Waals surface area contributed by atoms with Crippen LogP contribution in [0.3, 0.4) is 0 Å². The summed E-state index contributed by atoms with van der Waals surface area (Å²) < 4.78 is 5.23. The van der Waals surface area contributed by atoms with Crippen molar-refractivity contribution in [2.75, 3.05) is 18.5 Å². The molecule has 0 saturated heterocycles. The van der Waals surface area contributed by atoms with Gasteiger partial charge in [-0.3, -0.25) is 9.59 Å². The predicted molar refractivity (Wildman–Crippen MR) is 55.4 cm³/mol. The van der Waals surface area contributed by atoms with Crippen LogP contribution in [0.4, 0.5) is 5.69 Å². The van der Waals surface area contributed by atoms with Crippen LogP contribution >= 0.6 is 0 Å². The van der Waals surface area contributed by atoms with Crippen molar-refractivity contribution in [3.63, 3.8) is 0 Å². The van der Waals surface area contributed by atoms with Crippen molar-refractivity contribution in [3.8, 4) is 5.88 Å². The average Bonchev–Trinajstić information content (AvgIpc) is 2.29. The molecule has 16 heavy (non-hydrogen) atoms. The molecule has 4 N–H and O–H groups in total. The van der Waals surface area contributed by atoms with Crippen LogP contribution in [0.15, 0.2) is 12.1 Å². The Morgan fingerprint density at radius 1 is 1.62 bits per heavy atom. The molecule has 0 aromatic carbocycles. The number of nitrogens with two attached hydrogens (primary N) is 1. The molecule has 0 spiro atoms. The summed E-state index contributed by atoms with van der Waals surface area (Å²) in [7, 11) is 0. The highest BCUT2D eigenvalue weighted by molar-refractivity contribution is 5.91. The number of nitrogens with zero attached hydrogens (tertiary/aromatic N) is 1. The zero-order valence-electron chi connectivity index (χ0n) is 8.34. The Kier molecular flexibility index (Phi) is 4.07. The van der Waals surface area contributed by atoms with E-state index in [1.165, 1.54) is 0 Å². The molecule has 7 nitrogen and oxygen atoms in total. The molecule has 0 fully saturated rings. The monoisotopic (exact) mass is 225 g/mol. The lowest BCUT2D eigenvalue weighted by molar-refractivity contribution is -0.122. The van der Waals surface area contributed by atoms with E-state index < -0.39 is 5.91 Å². The highest BCUT2D eigenvalue weighted by Gasteiger charge is 2.13. The first kappa shape index (κ1) is 11.8. The van der Waals surface area contributed by atoms with Crippen molar-refractivity contribution >= 4 is 18.1 Å². The standard InChI is InChI=1S/C8H9N3O2.CH2O2/c9-7(12)5-1-2-6-8(11-5)13-4-3-10-6;2-1-3/h1-2,10H,3-4H2,(H2,9,12);1H,(H,2,3). The predicted octanol–water partition coefficient (Wildman–Crippen LogP) is -0.314. The van der Waals surface area contributed by atoms with Crippen molar-refractivity contribution in [2.45, 2.75) is 0 Å². The third-order valence-corrected chi connectivity index (χ3v) is 1.77. The lowest BCUT2D eigenvalue weighted by Gasteiger charge is -2.17. The summed E-state index contributed by atoms with van der Waals surface area (Å²) in [6.07, 6.45) is 0. The van der Waals surface area contributed by atoms with E-state index in [0.717, 1.165) is 12.2 Å². The number of carboxylic acid groups (broad SMARTS) is 1. The quantitative estimate of drug-likeness (QED) is 0.564. The van der Waals surface area contributed by atoms with Crippen LogP contribution in [0.5, 0.6) is 5.88 Å². The number of rotatable bonds is 1. The molecule has 1 aliphatic heterocycles. The molecule has 1 aliphatic rings. The second kappa shape index (κ2) is 5.54. The van der Waals surface area contributed by atoms with Gasteiger partial charge in [0.1, 0.15) is 12.3 Å². The molecule has 1 amide bonds. The Balaban J connectivity index is 0.000000386. The molecule has 0 atom stereocenters. The maximum atomic E-state index is 10.8. The van der Waals surface area contributed by atoms with Crippen LogP contribution in [0.1, 0.15) is 10.5 Å². The van der Waals surface area contributed by atoms with Gasteiger partial charge < -0.3 is 20.9 Å². The van der Waals surface area contributed by atoms with Gasteiger partial charge in [-0.15, -0.1) is 0 Å². The van der Waals surface area contributed by atoms with Crippen molar-refractivity contribution < 1.29 is 19.4 Å². The summed E-state index contributed by atoms with van der Waals surface area (Å²) in [5.41, 5.74) is 6.10. The SMILES string of the molecule is NC(=O)c1ccc2c(n1)OCCN2.O=CO. The van der Waals surface area contributed by atoms with Gasteiger partial charge in [-0.1, -0.05) is 0 Å². The molecular weight excluding hydrogens is 214 g/mol. The molecule has 0 unspecified atom stereocenters. The van der Waals surface area contributed by atoms with E-state index in [0.29, 0.717) is 12.5 Å². The van der Waals surface area contributed by atoms with E-state index in [1.54, 1.807) is 12.1 Å². The summed E-state index contributed by atoms with van der Waals surface area (Å²) in [4.78, 5) is 23.1. The number of anilines is 1. The largest absolute Gasteiger partial charge is 0.483 e. The fraction of sp³-hybridized carbons (Fsp3) is 0.222. The second-order valence-corrected chi connectivity index (χ2v) is 2.79. The summed E-state index contributed by atoms with van der Waals surface area (Å²) in [5, 5.41) is 9.98. The summed E-state index contributed by atoms with van der Waals surface area (Å²) in [6, 6.07) is 3.31. The molecule has 0 aliphatic carbocycles. The maximum Gasteiger partial charge on any atom is 0.290 e. The minimum atomic E-state index is -0.544. The minimum Gasteiger partial charge on any atom is -0.483 e. The van der Waals surface area contributed by atoms with Gasteiger partial charge in [-0.2, -0.15) is 0 Å². The van der Waals surface area contributed by atoms with Crippen LogP contribution in [0.25, 0.3) is 0 Å².